The molecule has 0 saturated carbocycles. The largest absolute Gasteiger partial charge is 0.490 e. The van der Waals surface area contributed by atoms with Gasteiger partial charge in [0.2, 0.25) is 0 Å². The molecule has 4 nitrogen and oxygen atoms in total. The van der Waals surface area contributed by atoms with Crippen LogP contribution in [0.1, 0.15) is 0 Å². The molecule has 0 spiro atoms. The zero-order chi connectivity index (χ0) is 11.1. The summed E-state index contributed by atoms with van der Waals surface area (Å²) in [6, 6.07) is 1.67. The second-order valence-electron chi connectivity index (χ2n) is 1.68. The highest BCUT2D eigenvalue weighted by Crippen LogP contribution is 2.13. The maximum atomic E-state index is 10.6. The number of hydrogen-bond acceptors (Lipinski definition) is 3. The van der Waals surface area contributed by atoms with E-state index < -0.39 is 12.1 Å². The molecule has 0 aromatic rings. The van der Waals surface area contributed by atoms with E-state index in [0.717, 1.165) is 0 Å². The highest BCUT2D eigenvalue weighted by atomic mass is 19.4. The minimum Gasteiger partial charge on any atom is -0.475 e. The normalized spacial score (nSPS) is 9.15. The Morgan fingerprint density at radius 2 is 1.85 bits per heavy atom. The van der Waals surface area contributed by atoms with Crippen molar-refractivity contribution in [2.75, 3.05) is 6.61 Å². The highest BCUT2D eigenvalue weighted by Gasteiger charge is 2.38. The fraction of sp³-hybridized carbons (Fsp3) is 0.333. The SMILES string of the molecule is C=C(C#N)CO.O=C(O)C(F)(F)F. The Labute approximate surface area is 71.5 Å². The minimum atomic E-state index is -5.08. The first-order chi connectivity index (χ1) is 5.75. The standard InChI is InChI=1S/C4H5NO.C2HF3O2/c1-4(2-5)3-6;3-2(4,5)1(6)7/h6H,1,3H2;(H,6,7). The van der Waals surface area contributed by atoms with E-state index in [1.807, 2.05) is 0 Å². The van der Waals surface area contributed by atoms with E-state index in [4.69, 9.17) is 20.3 Å². The number of carboxylic acids is 1. The number of alkyl halides is 3. The third-order valence-electron chi connectivity index (χ3n) is 0.591. The lowest BCUT2D eigenvalue weighted by atomic mass is 10.4. The third kappa shape index (κ3) is 10.4. The lowest BCUT2D eigenvalue weighted by molar-refractivity contribution is -0.192. The van der Waals surface area contributed by atoms with E-state index in [1.54, 1.807) is 6.07 Å². The minimum absolute atomic E-state index is 0.204. The van der Waals surface area contributed by atoms with Crippen molar-refractivity contribution >= 4 is 5.97 Å². The Morgan fingerprint density at radius 1 is 1.54 bits per heavy atom. The summed E-state index contributed by atoms with van der Waals surface area (Å²) in [5.74, 6) is -2.76. The second-order valence-corrected chi connectivity index (χ2v) is 1.68. The number of nitriles is 1. The summed E-state index contributed by atoms with van der Waals surface area (Å²) >= 11 is 0. The van der Waals surface area contributed by atoms with Gasteiger partial charge in [-0.25, -0.2) is 4.79 Å². The van der Waals surface area contributed by atoms with E-state index in [-0.39, 0.29) is 12.2 Å². The van der Waals surface area contributed by atoms with Gasteiger partial charge in [-0.1, -0.05) is 6.58 Å². The van der Waals surface area contributed by atoms with Gasteiger partial charge in [0.05, 0.1) is 12.7 Å². The van der Waals surface area contributed by atoms with Crippen LogP contribution in [-0.2, 0) is 4.79 Å². The first kappa shape index (κ1) is 14.0. The maximum Gasteiger partial charge on any atom is 0.490 e. The maximum absolute atomic E-state index is 10.6. The van der Waals surface area contributed by atoms with E-state index >= 15 is 0 Å². The Hall–Kier alpha value is -1.55. The average molecular weight is 197 g/mol. The van der Waals surface area contributed by atoms with Gasteiger partial charge in [0.1, 0.15) is 0 Å². The average Bonchev–Trinajstić information content (AvgIpc) is 2.02. The summed E-state index contributed by atoms with van der Waals surface area (Å²) in [7, 11) is 0. The zero-order valence-electron chi connectivity index (χ0n) is 6.30. The Kier molecular flexibility index (Phi) is 6.48. The van der Waals surface area contributed by atoms with Gasteiger partial charge in [0.15, 0.2) is 0 Å². The quantitative estimate of drug-likeness (QED) is 0.606. The molecule has 0 heterocycles. The van der Waals surface area contributed by atoms with E-state index in [9.17, 15) is 13.2 Å². The van der Waals surface area contributed by atoms with Crippen LogP contribution in [0.25, 0.3) is 0 Å². The van der Waals surface area contributed by atoms with E-state index in [1.165, 1.54) is 0 Å². The van der Waals surface area contributed by atoms with Crippen molar-refractivity contribution in [3.8, 4) is 6.07 Å². The molecule has 0 aliphatic carbocycles. The molecule has 0 radical (unpaired) electrons. The summed E-state index contributed by atoms with van der Waals surface area (Å²) in [5.41, 5.74) is 0.204. The van der Waals surface area contributed by atoms with Crippen molar-refractivity contribution < 1.29 is 28.2 Å². The number of halogens is 3. The van der Waals surface area contributed by atoms with Crippen molar-refractivity contribution in [2.45, 2.75) is 6.18 Å². The van der Waals surface area contributed by atoms with Gasteiger partial charge in [-0.15, -0.1) is 0 Å². The molecular weight excluding hydrogens is 191 g/mol. The molecule has 0 saturated heterocycles. The van der Waals surface area contributed by atoms with Gasteiger partial charge >= 0.3 is 12.1 Å². The van der Waals surface area contributed by atoms with Crippen LogP contribution in [-0.4, -0.2) is 29.0 Å². The molecule has 0 atom stereocenters. The molecule has 0 fully saturated rings. The Balaban J connectivity index is 0. The number of carbonyl (C=O) groups is 1. The predicted molar refractivity (Wildman–Crippen MR) is 35.5 cm³/mol. The van der Waals surface area contributed by atoms with Crippen LogP contribution in [0.15, 0.2) is 12.2 Å². The van der Waals surface area contributed by atoms with Crippen molar-refractivity contribution in [1.82, 2.24) is 0 Å². The number of aliphatic carboxylic acids is 1. The van der Waals surface area contributed by atoms with Gasteiger partial charge in [-0.2, -0.15) is 18.4 Å². The molecule has 7 heteroatoms. The summed E-state index contributed by atoms with van der Waals surface area (Å²) in [4.78, 5) is 8.90. The molecule has 0 aromatic heterocycles. The van der Waals surface area contributed by atoms with E-state index in [0.29, 0.717) is 0 Å². The Morgan fingerprint density at radius 3 is 1.85 bits per heavy atom. The molecule has 0 amide bonds. The number of rotatable bonds is 1. The van der Waals surface area contributed by atoms with Crippen LogP contribution in [0.2, 0.25) is 0 Å². The number of aliphatic hydroxyl groups excluding tert-OH is 1. The predicted octanol–water partition coefficient (Wildman–Crippen LogP) is 0.692. The first-order valence-electron chi connectivity index (χ1n) is 2.74. The van der Waals surface area contributed by atoms with Crippen molar-refractivity contribution in [2.24, 2.45) is 0 Å². The van der Waals surface area contributed by atoms with Crippen LogP contribution < -0.4 is 0 Å². The van der Waals surface area contributed by atoms with Crippen LogP contribution in [0.5, 0.6) is 0 Å². The van der Waals surface area contributed by atoms with Crippen molar-refractivity contribution in [1.29, 1.82) is 5.26 Å². The topological polar surface area (TPSA) is 81.3 Å². The molecule has 13 heavy (non-hydrogen) atoms. The fourth-order valence-corrected chi connectivity index (χ4v) is 0.0354. The van der Waals surface area contributed by atoms with Gasteiger partial charge in [-0.3, -0.25) is 0 Å². The molecule has 74 valence electrons. The second kappa shape index (κ2) is 6.02. The van der Waals surface area contributed by atoms with Crippen LogP contribution in [0.3, 0.4) is 0 Å². The number of carboxylic acid groups (broad SMARTS) is 1. The monoisotopic (exact) mass is 197 g/mol. The Bertz CT molecular complexity index is 228. The van der Waals surface area contributed by atoms with Crippen molar-refractivity contribution in [3.63, 3.8) is 0 Å². The lowest BCUT2D eigenvalue weighted by Gasteiger charge is -1.93. The summed E-state index contributed by atoms with van der Waals surface area (Å²) in [6.07, 6.45) is -5.08. The van der Waals surface area contributed by atoms with Gasteiger partial charge in [0, 0.05) is 5.57 Å². The summed E-state index contributed by atoms with van der Waals surface area (Å²) < 4.78 is 31.7. The van der Waals surface area contributed by atoms with Gasteiger partial charge in [0.25, 0.3) is 0 Å². The summed E-state index contributed by atoms with van der Waals surface area (Å²) in [5, 5.41) is 23.0. The zero-order valence-corrected chi connectivity index (χ0v) is 6.30. The first-order valence-corrected chi connectivity index (χ1v) is 2.74. The number of hydrogen-bond donors (Lipinski definition) is 2. The molecule has 0 unspecified atom stereocenters. The molecule has 0 aliphatic rings. The molecule has 0 aliphatic heterocycles. The van der Waals surface area contributed by atoms with Crippen LogP contribution in [0, 0.1) is 11.3 Å². The van der Waals surface area contributed by atoms with E-state index in [2.05, 4.69) is 6.58 Å². The number of aliphatic hydroxyl groups is 1. The lowest BCUT2D eigenvalue weighted by Crippen LogP contribution is -2.21. The number of nitrogens with zero attached hydrogens (tertiary/aromatic N) is 1. The molecule has 0 aromatic carbocycles. The molecule has 0 rings (SSSR count). The van der Waals surface area contributed by atoms with Crippen LogP contribution >= 0.6 is 0 Å². The van der Waals surface area contributed by atoms with Gasteiger partial charge in [-0.05, 0) is 0 Å². The molecule has 2 N–H and O–H groups in total. The fourth-order valence-electron chi connectivity index (χ4n) is 0.0354. The van der Waals surface area contributed by atoms with Crippen molar-refractivity contribution in [3.05, 3.63) is 12.2 Å². The third-order valence-corrected chi connectivity index (χ3v) is 0.591. The van der Waals surface area contributed by atoms with Gasteiger partial charge < -0.3 is 10.2 Å². The molecule has 0 bridgehead atoms. The smallest absolute Gasteiger partial charge is 0.475 e. The van der Waals surface area contributed by atoms with Crippen LogP contribution in [0.4, 0.5) is 13.2 Å². The highest BCUT2D eigenvalue weighted by molar-refractivity contribution is 5.73. The summed E-state index contributed by atoms with van der Waals surface area (Å²) in [6.45, 7) is 2.95. The molecular formula is C6H6F3NO3.